The molecule has 9 heteroatoms. The molecule has 0 atom stereocenters. The Labute approximate surface area is 164 Å². The zero-order valence-electron chi connectivity index (χ0n) is 15.6. The number of ether oxygens (including phenoxy) is 2. The highest BCUT2D eigenvalue weighted by Gasteiger charge is 2.16. The van der Waals surface area contributed by atoms with Crippen molar-refractivity contribution in [2.75, 3.05) is 50.0 Å². The Bertz CT molecular complexity index is 892. The molecule has 2 aromatic carbocycles. The number of morpholine rings is 1. The lowest BCUT2D eigenvalue weighted by Gasteiger charge is -2.25. The van der Waals surface area contributed by atoms with Crippen LogP contribution in [0.25, 0.3) is 0 Å². The van der Waals surface area contributed by atoms with Gasteiger partial charge in [0.2, 0.25) is 5.91 Å². The van der Waals surface area contributed by atoms with Gasteiger partial charge in [-0.3, -0.25) is 14.4 Å². The Balaban J connectivity index is 1.57. The molecule has 0 radical (unpaired) electrons. The molecule has 2 aromatic rings. The van der Waals surface area contributed by atoms with Crippen molar-refractivity contribution in [3.63, 3.8) is 0 Å². The van der Waals surface area contributed by atoms with Crippen molar-refractivity contribution in [2.24, 2.45) is 0 Å². The lowest BCUT2D eigenvalue weighted by Crippen LogP contribution is -2.41. The van der Waals surface area contributed by atoms with Gasteiger partial charge in [-0.05, 0) is 48.5 Å². The van der Waals surface area contributed by atoms with Gasteiger partial charge in [0.25, 0.3) is 10.0 Å². The zero-order chi connectivity index (χ0) is 20.0. The summed E-state index contributed by atoms with van der Waals surface area (Å²) in [6.07, 6.45) is 0. The van der Waals surface area contributed by atoms with Gasteiger partial charge >= 0.3 is 0 Å². The van der Waals surface area contributed by atoms with Gasteiger partial charge in [0, 0.05) is 24.5 Å². The van der Waals surface area contributed by atoms with Gasteiger partial charge in [0.15, 0.2) is 0 Å². The van der Waals surface area contributed by atoms with E-state index in [1.165, 1.54) is 19.2 Å². The molecule has 0 aliphatic carbocycles. The van der Waals surface area contributed by atoms with Crippen LogP contribution in [0.4, 0.5) is 11.4 Å². The van der Waals surface area contributed by atoms with E-state index in [1.807, 2.05) is 4.90 Å². The van der Waals surface area contributed by atoms with Crippen molar-refractivity contribution >= 4 is 27.3 Å². The molecule has 2 N–H and O–H groups in total. The molecular formula is C19H23N3O5S. The lowest BCUT2D eigenvalue weighted by molar-refractivity contribution is -0.118. The van der Waals surface area contributed by atoms with Crippen LogP contribution in [0.15, 0.2) is 53.4 Å². The predicted octanol–water partition coefficient (Wildman–Crippen LogP) is 1.77. The summed E-state index contributed by atoms with van der Waals surface area (Å²) in [4.78, 5) is 14.3. The molecule has 1 amide bonds. The van der Waals surface area contributed by atoms with Gasteiger partial charge in [-0.15, -0.1) is 0 Å². The zero-order valence-corrected chi connectivity index (χ0v) is 16.4. The van der Waals surface area contributed by atoms with Crippen LogP contribution >= 0.6 is 0 Å². The van der Waals surface area contributed by atoms with E-state index in [-0.39, 0.29) is 10.8 Å². The quantitative estimate of drug-likeness (QED) is 0.729. The second kappa shape index (κ2) is 9.05. The smallest absolute Gasteiger partial charge is 0.261 e. The molecule has 3 rings (SSSR count). The summed E-state index contributed by atoms with van der Waals surface area (Å²) in [5.41, 5.74) is 1.01. The van der Waals surface area contributed by atoms with Gasteiger partial charge < -0.3 is 14.8 Å². The highest BCUT2D eigenvalue weighted by molar-refractivity contribution is 7.92. The minimum atomic E-state index is -3.70. The van der Waals surface area contributed by atoms with Crippen LogP contribution in [0.5, 0.6) is 5.75 Å². The van der Waals surface area contributed by atoms with E-state index in [1.54, 1.807) is 36.4 Å². The molecular weight excluding hydrogens is 382 g/mol. The first-order valence-electron chi connectivity index (χ1n) is 8.83. The average molecular weight is 405 g/mol. The summed E-state index contributed by atoms with van der Waals surface area (Å²) in [6, 6.07) is 12.6. The van der Waals surface area contributed by atoms with Crippen LogP contribution in [0, 0.1) is 0 Å². The van der Waals surface area contributed by atoms with Crippen LogP contribution in [0.3, 0.4) is 0 Å². The van der Waals surface area contributed by atoms with E-state index in [4.69, 9.17) is 9.47 Å². The van der Waals surface area contributed by atoms with Crippen molar-refractivity contribution in [3.05, 3.63) is 48.5 Å². The lowest BCUT2D eigenvalue weighted by atomic mass is 10.3. The molecule has 0 spiro atoms. The number of anilines is 2. The minimum absolute atomic E-state index is 0.117. The number of benzene rings is 2. The Morgan fingerprint density at radius 1 is 1.04 bits per heavy atom. The monoisotopic (exact) mass is 405 g/mol. The maximum atomic E-state index is 12.4. The number of nitrogens with zero attached hydrogens (tertiary/aromatic N) is 1. The first-order chi connectivity index (χ1) is 13.5. The molecule has 1 aliphatic rings. The summed E-state index contributed by atoms with van der Waals surface area (Å²) in [6.45, 7) is 3.04. The number of carbonyl (C=O) groups excluding carboxylic acids is 1. The number of amides is 1. The SMILES string of the molecule is COc1ccc(S(=O)(=O)Nc2ccc(NC(=O)CN3CCOCC3)cc2)cc1. The summed E-state index contributed by atoms with van der Waals surface area (Å²) in [5.74, 6) is 0.463. The van der Waals surface area contributed by atoms with Crippen LogP contribution < -0.4 is 14.8 Å². The normalized spacial score (nSPS) is 15.0. The largest absolute Gasteiger partial charge is 0.497 e. The van der Waals surface area contributed by atoms with Crippen molar-refractivity contribution in [1.29, 1.82) is 0 Å². The third-order valence-corrected chi connectivity index (χ3v) is 5.66. The maximum absolute atomic E-state index is 12.4. The fraction of sp³-hybridized carbons (Fsp3) is 0.316. The van der Waals surface area contributed by atoms with E-state index in [0.29, 0.717) is 36.9 Å². The Kier molecular flexibility index (Phi) is 6.50. The maximum Gasteiger partial charge on any atom is 0.261 e. The van der Waals surface area contributed by atoms with Gasteiger partial charge in [-0.25, -0.2) is 8.42 Å². The summed E-state index contributed by atoms with van der Waals surface area (Å²) in [5, 5.41) is 2.81. The summed E-state index contributed by atoms with van der Waals surface area (Å²) >= 11 is 0. The van der Waals surface area contributed by atoms with Crippen LogP contribution in [0.2, 0.25) is 0 Å². The fourth-order valence-electron chi connectivity index (χ4n) is 2.75. The van der Waals surface area contributed by atoms with Gasteiger partial charge in [0.1, 0.15) is 5.75 Å². The Hall–Kier alpha value is -2.62. The Morgan fingerprint density at radius 2 is 1.64 bits per heavy atom. The number of nitrogens with one attached hydrogen (secondary N) is 2. The van der Waals surface area contributed by atoms with Crippen molar-refractivity contribution < 1.29 is 22.7 Å². The van der Waals surface area contributed by atoms with E-state index in [2.05, 4.69) is 10.0 Å². The molecule has 0 unspecified atom stereocenters. The molecule has 1 fully saturated rings. The van der Waals surface area contributed by atoms with Gasteiger partial charge in [0.05, 0.1) is 31.8 Å². The molecule has 150 valence electrons. The highest BCUT2D eigenvalue weighted by Crippen LogP contribution is 2.20. The van der Waals surface area contributed by atoms with E-state index < -0.39 is 10.0 Å². The molecule has 1 heterocycles. The van der Waals surface area contributed by atoms with Crippen molar-refractivity contribution in [2.45, 2.75) is 4.90 Å². The molecule has 0 saturated carbocycles. The van der Waals surface area contributed by atoms with Gasteiger partial charge in [-0.1, -0.05) is 0 Å². The second-order valence-corrected chi connectivity index (χ2v) is 7.98. The number of methoxy groups -OCH3 is 1. The van der Waals surface area contributed by atoms with Crippen molar-refractivity contribution in [1.82, 2.24) is 4.90 Å². The van der Waals surface area contributed by atoms with Crippen molar-refractivity contribution in [3.8, 4) is 5.75 Å². The van der Waals surface area contributed by atoms with Gasteiger partial charge in [-0.2, -0.15) is 0 Å². The number of carbonyl (C=O) groups is 1. The average Bonchev–Trinajstić information content (AvgIpc) is 2.70. The molecule has 8 nitrogen and oxygen atoms in total. The third kappa shape index (κ3) is 5.44. The minimum Gasteiger partial charge on any atom is -0.497 e. The van der Waals surface area contributed by atoms with Crippen LogP contribution in [-0.2, 0) is 19.6 Å². The predicted molar refractivity (Wildman–Crippen MR) is 106 cm³/mol. The number of sulfonamides is 1. The molecule has 1 saturated heterocycles. The molecule has 1 aliphatic heterocycles. The fourth-order valence-corrected chi connectivity index (χ4v) is 3.81. The standard InChI is InChI=1S/C19H23N3O5S/c1-26-17-6-8-18(9-7-17)28(24,25)21-16-4-2-15(3-5-16)20-19(23)14-22-10-12-27-13-11-22/h2-9,21H,10-14H2,1H3,(H,20,23). The first kappa shape index (κ1) is 20.1. The molecule has 0 aromatic heterocycles. The van der Waals surface area contributed by atoms with E-state index >= 15 is 0 Å². The van der Waals surface area contributed by atoms with Crippen LogP contribution in [-0.4, -0.2) is 59.2 Å². The first-order valence-corrected chi connectivity index (χ1v) is 10.3. The van der Waals surface area contributed by atoms with E-state index in [9.17, 15) is 13.2 Å². The van der Waals surface area contributed by atoms with Crippen LogP contribution in [0.1, 0.15) is 0 Å². The van der Waals surface area contributed by atoms with E-state index in [0.717, 1.165) is 13.1 Å². The number of hydrogen-bond acceptors (Lipinski definition) is 6. The third-order valence-electron chi connectivity index (χ3n) is 4.26. The highest BCUT2D eigenvalue weighted by atomic mass is 32.2. The summed E-state index contributed by atoms with van der Waals surface area (Å²) in [7, 11) is -2.19. The number of rotatable bonds is 7. The molecule has 28 heavy (non-hydrogen) atoms. The second-order valence-electron chi connectivity index (χ2n) is 6.30. The molecule has 0 bridgehead atoms. The topological polar surface area (TPSA) is 97.0 Å². The Morgan fingerprint density at radius 3 is 2.25 bits per heavy atom. The summed E-state index contributed by atoms with van der Waals surface area (Å²) < 4.78 is 37.7. The number of hydrogen-bond donors (Lipinski definition) is 2.